The van der Waals surface area contributed by atoms with Crippen molar-refractivity contribution in [2.75, 3.05) is 0 Å². The number of aryl methyl sites for hydroxylation is 6. The number of aromatic nitrogens is 6. The largest absolute Gasteiger partial charge is 1.00 e. The SMILES string of the molecule is C.Cc1cn(C)c(Br)n1.Cc1cn(C)c(C#N)n1.Cc1cn(C)c(C(=N)N)n1.Cl.Cl.N.S.[3HH].[C-]#N.[Cu+]. The first-order valence-corrected chi connectivity index (χ1v) is 8.96. The predicted molar refractivity (Wildman–Crippen MR) is 151 cm³/mol. The normalized spacial score (nSPS) is 7.43. The fourth-order valence-electron chi connectivity index (χ4n) is 2.17. The predicted octanol–water partition coefficient (Wildman–Crippen LogP) is 4.20. The topological polar surface area (TPSA) is 186 Å². The van der Waals surface area contributed by atoms with Crippen LogP contribution in [-0.4, -0.2) is 34.5 Å². The van der Waals surface area contributed by atoms with Gasteiger partial charge in [-0.3, -0.25) is 5.41 Å². The van der Waals surface area contributed by atoms with Crippen molar-refractivity contribution in [3.8, 4) is 6.07 Å². The van der Waals surface area contributed by atoms with Crippen LogP contribution in [0.15, 0.2) is 23.3 Å². The van der Waals surface area contributed by atoms with Crippen LogP contribution in [0.4, 0.5) is 0 Å². The Morgan fingerprint density at radius 3 is 1.49 bits per heavy atom. The van der Waals surface area contributed by atoms with E-state index in [2.05, 4.69) is 30.9 Å². The fourth-order valence-corrected chi connectivity index (χ4v) is 2.56. The first-order valence-electron chi connectivity index (χ1n) is 8.17. The van der Waals surface area contributed by atoms with E-state index in [1.807, 2.05) is 64.1 Å². The molecule has 3 rings (SSSR count). The summed E-state index contributed by atoms with van der Waals surface area (Å²) >= 11 is 3.27. The molecule has 0 unspecified atom stereocenters. The summed E-state index contributed by atoms with van der Waals surface area (Å²) in [5.74, 6) is 1.00. The quantitative estimate of drug-likeness (QED) is 0.150. The number of imidazole rings is 3. The van der Waals surface area contributed by atoms with E-state index in [0.717, 1.165) is 21.8 Å². The van der Waals surface area contributed by atoms with Gasteiger partial charge in [0.05, 0.1) is 17.1 Å². The van der Waals surface area contributed by atoms with Crippen molar-refractivity contribution in [3.63, 3.8) is 0 Å². The monoisotopic (exact) mass is 665 g/mol. The number of hydrogen-bond donors (Lipinski definition) is 3. The van der Waals surface area contributed by atoms with Gasteiger partial charge in [-0.15, -0.1) is 24.8 Å². The van der Waals surface area contributed by atoms with Gasteiger partial charge in [0.15, 0.2) is 16.4 Å². The molecule has 3 aromatic heterocycles. The summed E-state index contributed by atoms with van der Waals surface area (Å²) in [6.07, 6.45) is 5.61. The Bertz CT molecular complexity index is 1010. The third-order valence-electron chi connectivity index (χ3n) is 3.27. The molecule has 0 aliphatic heterocycles. The van der Waals surface area contributed by atoms with Crippen molar-refractivity contribution in [1.82, 2.24) is 34.8 Å². The average molecular weight is 668 g/mol. The van der Waals surface area contributed by atoms with E-state index in [-0.39, 0.29) is 76.2 Å². The van der Waals surface area contributed by atoms with Gasteiger partial charge in [-0.2, -0.15) is 18.8 Å². The summed E-state index contributed by atoms with van der Waals surface area (Å²) < 4.78 is 6.25. The van der Waals surface area contributed by atoms with Gasteiger partial charge in [-0.1, -0.05) is 7.43 Å². The molecule has 6 N–H and O–H groups in total. The van der Waals surface area contributed by atoms with Crippen molar-refractivity contribution >= 4 is 60.1 Å². The molecular formula is C19H37BrCl2CuN11S. The summed E-state index contributed by atoms with van der Waals surface area (Å²) in [5.41, 5.74) is 8.03. The summed E-state index contributed by atoms with van der Waals surface area (Å²) in [7, 11) is 5.57. The number of hydrogen-bond acceptors (Lipinski definition) is 7. The molecule has 0 saturated heterocycles. The standard InChI is InChI=1S/C6H10N4.C6H7N3.C5H7BrN2.CN.CH4.2ClH.Cu.H3N.H2S.H2/c1-4-3-10(2)6(9-4)5(7)8;1-5-4-9(2)6(3-7)8-5;1-4-3-8(2)5(6)7-4;1-2;;;;;;;/h3H,1-2H3,(H3,7,8);4H,1-2H3;3H,1-2H3;;1H4;2*1H;;1H3;1H2;1H/q;;;-1;;;;+1;;;/i;;;;;;;;;;1+2. The maximum Gasteiger partial charge on any atom is 1.00 e. The van der Waals surface area contributed by atoms with Crippen LogP contribution in [0, 0.1) is 49.3 Å². The van der Waals surface area contributed by atoms with Crippen LogP contribution in [0.25, 0.3) is 0 Å². The maximum atomic E-state index is 8.40. The number of nitriles is 1. The molecule has 3 aromatic rings. The van der Waals surface area contributed by atoms with Crippen LogP contribution >= 0.6 is 54.2 Å². The second-order valence-electron chi connectivity index (χ2n) is 5.92. The van der Waals surface area contributed by atoms with Gasteiger partial charge in [0.25, 0.3) is 0 Å². The number of nitrogens with zero attached hydrogens (tertiary/aromatic N) is 8. The molecule has 16 heteroatoms. The Hall–Kier alpha value is -2.03. The molecule has 35 heavy (non-hydrogen) atoms. The Balaban J connectivity index is -0.0000000482. The molecule has 11 nitrogen and oxygen atoms in total. The van der Waals surface area contributed by atoms with E-state index in [9.17, 15) is 0 Å². The second kappa shape index (κ2) is 25.1. The van der Waals surface area contributed by atoms with Crippen LogP contribution in [0.5, 0.6) is 0 Å². The Morgan fingerprint density at radius 1 is 0.971 bits per heavy atom. The number of rotatable bonds is 1. The molecular weight excluding hydrogens is 629 g/mol. The summed E-state index contributed by atoms with van der Waals surface area (Å²) in [4.78, 5) is 12.0. The third-order valence-corrected chi connectivity index (χ3v) is 4.01. The number of nitrogens with two attached hydrogens (primary N) is 1. The molecule has 206 valence electrons. The molecule has 0 bridgehead atoms. The molecule has 0 fully saturated rings. The summed E-state index contributed by atoms with van der Waals surface area (Å²) in [6.45, 7) is 10.4. The van der Waals surface area contributed by atoms with Gasteiger partial charge in [0.1, 0.15) is 6.07 Å². The second-order valence-corrected chi connectivity index (χ2v) is 6.63. The van der Waals surface area contributed by atoms with Gasteiger partial charge < -0.3 is 37.4 Å². The smallest absolute Gasteiger partial charge is 0.512 e. The van der Waals surface area contributed by atoms with E-state index in [1.165, 1.54) is 0 Å². The number of nitrogen functional groups attached to an aromatic ring is 1. The first-order chi connectivity index (χ1) is 13.5. The van der Waals surface area contributed by atoms with Gasteiger partial charge in [0, 0.05) is 41.2 Å². The van der Waals surface area contributed by atoms with Crippen LogP contribution in [0.2, 0.25) is 0 Å². The zero-order chi connectivity index (χ0) is 22.7. The summed E-state index contributed by atoms with van der Waals surface area (Å²) in [5, 5.41) is 21.7. The van der Waals surface area contributed by atoms with Crippen molar-refractivity contribution in [2.45, 2.75) is 28.2 Å². The Morgan fingerprint density at radius 2 is 1.34 bits per heavy atom. The van der Waals surface area contributed by atoms with E-state index >= 15 is 0 Å². The van der Waals surface area contributed by atoms with Crippen molar-refractivity contribution < 1.29 is 18.5 Å². The zero-order valence-electron chi connectivity index (χ0n) is 19.6. The minimum atomic E-state index is 0. The van der Waals surface area contributed by atoms with Crippen LogP contribution in [0.3, 0.4) is 0 Å². The maximum absolute atomic E-state index is 8.40. The van der Waals surface area contributed by atoms with Gasteiger partial charge >= 0.3 is 17.1 Å². The Kier molecular flexibility index (Phi) is 35.8. The van der Waals surface area contributed by atoms with Crippen molar-refractivity contribution in [2.24, 2.45) is 26.9 Å². The van der Waals surface area contributed by atoms with E-state index in [1.54, 1.807) is 16.2 Å². The molecule has 0 aromatic carbocycles. The molecule has 0 radical (unpaired) electrons. The van der Waals surface area contributed by atoms with Crippen LogP contribution in [-0.2, 0) is 38.2 Å². The molecule has 0 saturated carbocycles. The number of amidine groups is 1. The van der Waals surface area contributed by atoms with Crippen LogP contribution in [0.1, 0.15) is 37.6 Å². The fraction of sp³-hybridized carbons (Fsp3) is 0.368. The Labute approximate surface area is 248 Å². The molecule has 0 amide bonds. The minimum absolute atomic E-state index is 0. The number of halogens is 3. The molecule has 0 aliphatic rings. The molecule has 3 heterocycles. The van der Waals surface area contributed by atoms with Gasteiger partial charge in [-0.05, 0) is 36.7 Å². The number of nitrogens with one attached hydrogen (secondary N) is 1. The minimum Gasteiger partial charge on any atom is -0.512 e. The van der Waals surface area contributed by atoms with Crippen LogP contribution < -0.4 is 11.9 Å². The van der Waals surface area contributed by atoms with Gasteiger partial charge in [0.2, 0.25) is 5.82 Å². The molecule has 0 aliphatic carbocycles. The van der Waals surface area contributed by atoms with Crippen molar-refractivity contribution in [1.29, 1.82) is 15.9 Å². The molecule has 0 atom stereocenters. The third kappa shape index (κ3) is 18.0. The van der Waals surface area contributed by atoms with Crippen molar-refractivity contribution in [3.05, 3.63) is 58.6 Å². The zero-order valence-corrected chi connectivity index (χ0v) is 24.8. The van der Waals surface area contributed by atoms with E-state index < -0.39 is 0 Å². The summed E-state index contributed by atoms with van der Waals surface area (Å²) in [6, 6.07) is 1.97. The van der Waals surface area contributed by atoms with Gasteiger partial charge in [-0.25, -0.2) is 15.0 Å². The average Bonchev–Trinajstić information content (AvgIpc) is 3.26. The van der Waals surface area contributed by atoms with E-state index in [4.69, 9.17) is 28.2 Å². The first kappa shape index (κ1) is 50.0. The van der Waals surface area contributed by atoms with E-state index in [0.29, 0.717) is 11.6 Å². The molecule has 0 spiro atoms.